The summed E-state index contributed by atoms with van der Waals surface area (Å²) in [6.45, 7) is 1.58. The van der Waals surface area contributed by atoms with Crippen LogP contribution in [0.1, 0.15) is 6.92 Å². The molecule has 1 N–H and O–H groups in total. The van der Waals surface area contributed by atoms with Crippen LogP contribution in [0, 0.1) is 20.2 Å². The quantitative estimate of drug-likeness (QED) is 0.533. The molecule has 2 aromatic carbocycles. The molecule has 0 aliphatic carbocycles. The summed E-state index contributed by atoms with van der Waals surface area (Å²) in [5.41, 5.74) is -0.573. The molecule has 0 aromatic heterocycles. The molecule has 1 amide bonds. The normalized spacial score (nSPS) is 10.1. The van der Waals surface area contributed by atoms with Crippen molar-refractivity contribution in [1.82, 2.24) is 0 Å². The number of nitrogens with zero attached hydrogens (tertiary/aromatic N) is 2. The Labute approximate surface area is 157 Å². The van der Waals surface area contributed by atoms with Crippen LogP contribution in [0.4, 0.5) is 17.1 Å². The van der Waals surface area contributed by atoms with Gasteiger partial charge in [0.05, 0.1) is 27.5 Å². The number of carbonyl (C=O) groups excluding carboxylic acids is 1. The zero-order valence-electron chi connectivity index (χ0n) is 14.0. The highest BCUT2D eigenvalue weighted by Crippen LogP contribution is 2.30. The molecule has 2 rings (SSSR count). The van der Waals surface area contributed by atoms with Crippen molar-refractivity contribution in [3.63, 3.8) is 0 Å². The fraction of sp³-hybridized carbons (Fsp3) is 0.188. The van der Waals surface area contributed by atoms with E-state index in [0.29, 0.717) is 12.4 Å². The SMILES string of the molecule is CCOc1ccc(NC(=O)COc2ccc([N+](=O)[O-])cc2Cl)c([N+](=O)[O-])c1. The number of hydrogen-bond acceptors (Lipinski definition) is 7. The van der Waals surface area contributed by atoms with Gasteiger partial charge in [-0.1, -0.05) is 11.6 Å². The number of halogens is 1. The van der Waals surface area contributed by atoms with Crippen LogP contribution in [0.25, 0.3) is 0 Å². The van der Waals surface area contributed by atoms with E-state index in [1.54, 1.807) is 6.92 Å². The molecule has 27 heavy (non-hydrogen) atoms. The van der Waals surface area contributed by atoms with E-state index in [4.69, 9.17) is 21.1 Å². The molecule has 0 aliphatic heterocycles. The topological polar surface area (TPSA) is 134 Å². The number of nitro benzene ring substituents is 2. The molecule has 2 aromatic rings. The van der Waals surface area contributed by atoms with E-state index >= 15 is 0 Å². The second-order valence-corrected chi connectivity index (χ2v) is 5.48. The van der Waals surface area contributed by atoms with Gasteiger partial charge in [-0.3, -0.25) is 25.0 Å². The number of hydrogen-bond donors (Lipinski definition) is 1. The highest BCUT2D eigenvalue weighted by molar-refractivity contribution is 6.32. The van der Waals surface area contributed by atoms with Gasteiger partial charge < -0.3 is 14.8 Å². The van der Waals surface area contributed by atoms with E-state index in [9.17, 15) is 25.0 Å². The second kappa shape index (κ2) is 8.81. The number of anilines is 1. The van der Waals surface area contributed by atoms with Gasteiger partial charge in [-0.05, 0) is 25.1 Å². The maximum absolute atomic E-state index is 12.0. The van der Waals surface area contributed by atoms with Crippen LogP contribution < -0.4 is 14.8 Å². The summed E-state index contributed by atoms with van der Waals surface area (Å²) in [6.07, 6.45) is 0. The molecule has 10 nitrogen and oxygen atoms in total. The van der Waals surface area contributed by atoms with Crippen LogP contribution in [0.5, 0.6) is 11.5 Å². The van der Waals surface area contributed by atoms with Gasteiger partial charge in [0, 0.05) is 12.1 Å². The van der Waals surface area contributed by atoms with Crippen molar-refractivity contribution in [1.29, 1.82) is 0 Å². The smallest absolute Gasteiger partial charge is 0.296 e. The molecule has 0 spiro atoms. The molecule has 11 heteroatoms. The fourth-order valence-electron chi connectivity index (χ4n) is 2.07. The standard InChI is InChI=1S/C16H14ClN3O7/c1-2-26-11-4-5-13(14(8-11)20(24)25)18-16(21)9-27-15-6-3-10(19(22)23)7-12(15)17/h3-8H,2,9H2,1H3,(H,18,21). The number of rotatable bonds is 8. The Morgan fingerprint density at radius 1 is 1.11 bits per heavy atom. The Morgan fingerprint density at radius 3 is 2.44 bits per heavy atom. The van der Waals surface area contributed by atoms with Crippen LogP contribution in [-0.2, 0) is 4.79 Å². The van der Waals surface area contributed by atoms with Crippen LogP contribution in [0.15, 0.2) is 36.4 Å². The molecule has 0 saturated carbocycles. The summed E-state index contributed by atoms with van der Waals surface area (Å²) in [5.74, 6) is -0.300. The minimum atomic E-state index is -0.670. The minimum absolute atomic E-state index is 0.0214. The Kier molecular flexibility index (Phi) is 6.50. The molecule has 0 aliphatic rings. The first kappa shape index (κ1) is 19.9. The predicted octanol–water partition coefficient (Wildman–Crippen LogP) is 3.57. The van der Waals surface area contributed by atoms with Gasteiger partial charge in [0.2, 0.25) is 0 Å². The fourth-order valence-corrected chi connectivity index (χ4v) is 2.30. The van der Waals surface area contributed by atoms with Crippen molar-refractivity contribution in [2.45, 2.75) is 6.92 Å². The first-order valence-electron chi connectivity index (χ1n) is 7.59. The molecular formula is C16H14ClN3O7. The van der Waals surface area contributed by atoms with E-state index in [0.717, 1.165) is 6.07 Å². The highest BCUT2D eigenvalue weighted by atomic mass is 35.5. The summed E-state index contributed by atoms with van der Waals surface area (Å²) in [7, 11) is 0. The Bertz CT molecular complexity index is 888. The first-order chi connectivity index (χ1) is 12.8. The third kappa shape index (κ3) is 5.28. The van der Waals surface area contributed by atoms with Gasteiger partial charge in [-0.25, -0.2) is 0 Å². The lowest BCUT2D eigenvalue weighted by Gasteiger charge is -2.10. The summed E-state index contributed by atoms with van der Waals surface area (Å²) in [4.78, 5) is 32.6. The molecule has 142 valence electrons. The number of non-ortho nitro benzene ring substituents is 1. The Morgan fingerprint density at radius 2 is 1.85 bits per heavy atom. The van der Waals surface area contributed by atoms with Gasteiger partial charge in [0.15, 0.2) is 6.61 Å². The summed E-state index contributed by atoms with van der Waals surface area (Å²) >= 11 is 5.87. The largest absolute Gasteiger partial charge is 0.494 e. The summed E-state index contributed by atoms with van der Waals surface area (Å²) < 4.78 is 10.4. The number of ether oxygens (including phenoxy) is 2. The van der Waals surface area contributed by atoms with Crippen LogP contribution >= 0.6 is 11.6 Å². The number of nitro groups is 2. The third-order valence-electron chi connectivity index (χ3n) is 3.24. The number of nitrogens with one attached hydrogen (secondary N) is 1. The third-order valence-corrected chi connectivity index (χ3v) is 3.53. The lowest BCUT2D eigenvalue weighted by Crippen LogP contribution is -2.20. The number of carbonyl (C=O) groups is 1. The van der Waals surface area contributed by atoms with E-state index in [-0.39, 0.29) is 27.8 Å². The van der Waals surface area contributed by atoms with Crippen molar-refractivity contribution >= 4 is 34.6 Å². The Hall–Kier alpha value is -3.40. The van der Waals surface area contributed by atoms with E-state index in [2.05, 4.69) is 5.32 Å². The maximum Gasteiger partial charge on any atom is 0.296 e. The van der Waals surface area contributed by atoms with Gasteiger partial charge in [-0.2, -0.15) is 0 Å². The summed E-state index contributed by atoms with van der Waals surface area (Å²) in [5, 5.41) is 24.2. The first-order valence-corrected chi connectivity index (χ1v) is 7.97. The molecule has 0 radical (unpaired) electrons. The van der Waals surface area contributed by atoms with E-state index < -0.39 is 22.4 Å². The number of amides is 1. The second-order valence-electron chi connectivity index (χ2n) is 5.08. The van der Waals surface area contributed by atoms with Crippen molar-refractivity contribution in [2.24, 2.45) is 0 Å². The van der Waals surface area contributed by atoms with Crippen LogP contribution in [0.2, 0.25) is 5.02 Å². The van der Waals surface area contributed by atoms with Crippen molar-refractivity contribution in [2.75, 3.05) is 18.5 Å². The molecule has 0 heterocycles. The maximum atomic E-state index is 12.0. The lowest BCUT2D eigenvalue weighted by atomic mass is 10.2. The van der Waals surface area contributed by atoms with Crippen LogP contribution in [-0.4, -0.2) is 29.0 Å². The van der Waals surface area contributed by atoms with Gasteiger partial charge >= 0.3 is 0 Å². The zero-order valence-corrected chi connectivity index (χ0v) is 14.8. The van der Waals surface area contributed by atoms with Crippen molar-refractivity contribution in [3.05, 3.63) is 61.6 Å². The van der Waals surface area contributed by atoms with Crippen molar-refractivity contribution in [3.8, 4) is 11.5 Å². The molecule has 0 saturated heterocycles. The minimum Gasteiger partial charge on any atom is -0.494 e. The molecule has 0 unspecified atom stereocenters. The summed E-state index contributed by atoms with van der Waals surface area (Å²) in [6, 6.07) is 7.56. The molecule has 0 atom stereocenters. The van der Waals surface area contributed by atoms with Gasteiger partial charge in [-0.15, -0.1) is 0 Å². The van der Waals surface area contributed by atoms with Crippen molar-refractivity contribution < 1.29 is 24.1 Å². The highest BCUT2D eigenvalue weighted by Gasteiger charge is 2.18. The molecular weight excluding hydrogens is 382 g/mol. The average Bonchev–Trinajstić information content (AvgIpc) is 2.61. The Balaban J connectivity index is 2.05. The van der Waals surface area contributed by atoms with Gasteiger partial charge in [0.1, 0.15) is 17.2 Å². The molecule has 0 fully saturated rings. The average molecular weight is 396 g/mol. The lowest BCUT2D eigenvalue weighted by molar-refractivity contribution is -0.384. The molecule has 0 bridgehead atoms. The van der Waals surface area contributed by atoms with E-state index in [1.165, 1.54) is 30.3 Å². The zero-order chi connectivity index (χ0) is 20.0. The van der Waals surface area contributed by atoms with Crippen LogP contribution in [0.3, 0.4) is 0 Å². The predicted molar refractivity (Wildman–Crippen MR) is 96.5 cm³/mol. The van der Waals surface area contributed by atoms with Gasteiger partial charge in [0.25, 0.3) is 17.3 Å². The monoisotopic (exact) mass is 395 g/mol. The van der Waals surface area contributed by atoms with E-state index in [1.807, 2.05) is 0 Å². The number of benzene rings is 2.